The van der Waals surface area contributed by atoms with Gasteiger partial charge >= 0.3 is 5.97 Å². The summed E-state index contributed by atoms with van der Waals surface area (Å²) in [4.78, 5) is 34.2. The predicted molar refractivity (Wildman–Crippen MR) is 226 cm³/mol. The number of H-pyrrole nitrogens is 1. The molecule has 1 aromatic rings. The second-order valence-electron chi connectivity index (χ2n) is 14.7. The lowest BCUT2D eigenvalue weighted by molar-refractivity contribution is -0.148. The van der Waals surface area contributed by atoms with Gasteiger partial charge in [0, 0.05) is 31.8 Å². The van der Waals surface area contributed by atoms with Crippen molar-refractivity contribution in [1.82, 2.24) is 20.2 Å². The maximum absolute atomic E-state index is 12.9. The SMILES string of the molecule is CCCCC/C=C\C/C=C\CCCCCCCCCN(CCCCCCC/C=C\C/C=C\CCCCC)CCOC(=O)C(Cc1cnc[nH]1)NC(C)=O. The summed E-state index contributed by atoms with van der Waals surface area (Å²) < 4.78 is 5.70. The summed E-state index contributed by atoms with van der Waals surface area (Å²) in [5.74, 6) is -0.639. The average Bonchev–Trinajstić information content (AvgIpc) is 3.67. The van der Waals surface area contributed by atoms with E-state index >= 15 is 0 Å². The van der Waals surface area contributed by atoms with Crippen LogP contribution in [0.1, 0.15) is 181 Å². The molecule has 0 aliphatic carbocycles. The number of esters is 1. The number of imidazole rings is 1. The van der Waals surface area contributed by atoms with Gasteiger partial charge in [-0.1, -0.05) is 140 Å². The molecule has 0 saturated heterocycles. The summed E-state index contributed by atoms with van der Waals surface area (Å²) in [6, 6.07) is -0.721. The zero-order valence-corrected chi connectivity index (χ0v) is 34.5. The maximum Gasteiger partial charge on any atom is 0.329 e. The van der Waals surface area contributed by atoms with Gasteiger partial charge in [-0.15, -0.1) is 0 Å². The minimum absolute atomic E-state index is 0.247. The van der Waals surface area contributed by atoms with E-state index in [0.717, 1.165) is 38.2 Å². The molecule has 1 rings (SSSR count). The number of aromatic nitrogens is 2. The van der Waals surface area contributed by atoms with Crippen LogP contribution in [0.15, 0.2) is 61.1 Å². The van der Waals surface area contributed by atoms with E-state index in [1.807, 2.05) is 0 Å². The van der Waals surface area contributed by atoms with Crippen LogP contribution in [-0.2, 0) is 20.7 Å². The zero-order chi connectivity index (χ0) is 38.3. The van der Waals surface area contributed by atoms with E-state index < -0.39 is 12.0 Å². The predicted octanol–water partition coefficient (Wildman–Crippen LogP) is 11.9. The minimum Gasteiger partial charge on any atom is -0.463 e. The van der Waals surface area contributed by atoms with Gasteiger partial charge in [-0.25, -0.2) is 9.78 Å². The number of hydrogen-bond acceptors (Lipinski definition) is 5. The van der Waals surface area contributed by atoms with Crippen LogP contribution in [0, 0.1) is 0 Å². The fourth-order valence-corrected chi connectivity index (χ4v) is 6.41. The van der Waals surface area contributed by atoms with Crippen molar-refractivity contribution in [2.45, 2.75) is 187 Å². The minimum atomic E-state index is -0.721. The van der Waals surface area contributed by atoms with E-state index in [1.54, 1.807) is 12.5 Å². The highest BCUT2D eigenvalue weighted by atomic mass is 16.5. The van der Waals surface area contributed by atoms with Gasteiger partial charge in [0.25, 0.3) is 0 Å². The molecule has 0 aromatic carbocycles. The van der Waals surface area contributed by atoms with E-state index in [4.69, 9.17) is 4.74 Å². The van der Waals surface area contributed by atoms with E-state index in [0.29, 0.717) is 13.0 Å². The summed E-state index contributed by atoms with van der Waals surface area (Å²) in [6.45, 7) is 9.07. The molecule has 0 bridgehead atoms. The number of rotatable bonds is 37. The van der Waals surface area contributed by atoms with Gasteiger partial charge in [-0.05, 0) is 90.1 Å². The van der Waals surface area contributed by atoms with Crippen molar-refractivity contribution in [2.24, 2.45) is 0 Å². The highest BCUT2D eigenvalue weighted by Crippen LogP contribution is 2.12. The average molecular weight is 737 g/mol. The van der Waals surface area contributed by atoms with Crippen LogP contribution in [0.25, 0.3) is 0 Å². The third kappa shape index (κ3) is 32.2. The van der Waals surface area contributed by atoms with E-state index in [2.05, 4.69) is 82.6 Å². The Morgan fingerprint density at radius 1 is 0.660 bits per heavy atom. The maximum atomic E-state index is 12.9. The van der Waals surface area contributed by atoms with E-state index in [1.165, 1.54) is 148 Å². The van der Waals surface area contributed by atoms with Crippen molar-refractivity contribution >= 4 is 11.9 Å². The summed E-state index contributed by atoms with van der Waals surface area (Å²) in [6.07, 6.45) is 52.2. The molecule has 0 aliphatic heterocycles. The lowest BCUT2D eigenvalue weighted by Gasteiger charge is -2.23. The molecule has 302 valence electrons. The molecule has 0 aliphatic rings. The number of ether oxygens (including phenoxy) is 1. The number of allylic oxidation sites excluding steroid dienone is 8. The van der Waals surface area contributed by atoms with Crippen LogP contribution >= 0.6 is 0 Å². The van der Waals surface area contributed by atoms with Crippen molar-refractivity contribution in [3.8, 4) is 0 Å². The smallest absolute Gasteiger partial charge is 0.329 e. The van der Waals surface area contributed by atoms with Gasteiger partial charge in [0.15, 0.2) is 0 Å². The largest absolute Gasteiger partial charge is 0.463 e. The molecule has 1 heterocycles. The molecule has 0 saturated carbocycles. The number of aromatic amines is 1. The third-order valence-corrected chi connectivity index (χ3v) is 9.64. The molecule has 1 amide bonds. The van der Waals surface area contributed by atoms with Crippen LogP contribution in [0.3, 0.4) is 0 Å². The Hall–Kier alpha value is -2.93. The van der Waals surface area contributed by atoms with Crippen molar-refractivity contribution in [3.05, 3.63) is 66.8 Å². The molecule has 0 fully saturated rings. The van der Waals surface area contributed by atoms with Gasteiger partial charge in [-0.3, -0.25) is 9.69 Å². The lowest BCUT2D eigenvalue weighted by atomic mass is 10.1. The van der Waals surface area contributed by atoms with Crippen LogP contribution in [-0.4, -0.2) is 59.0 Å². The van der Waals surface area contributed by atoms with E-state index in [9.17, 15) is 9.59 Å². The molecule has 7 heteroatoms. The summed E-state index contributed by atoms with van der Waals surface area (Å²) >= 11 is 0. The Labute approximate surface area is 326 Å². The molecular weight excluding hydrogens is 657 g/mol. The van der Waals surface area contributed by atoms with Gasteiger partial charge < -0.3 is 15.0 Å². The fraction of sp³-hybridized carbons (Fsp3) is 0.717. The van der Waals surface area contributed by atoms with Crippen LogP contribution < -0.4 is 5.32 Å². The first-order chi connectivity index (χ1) is 26.1. The van der Waals surface area contributed by atoms with Gasteiger partial charge in [0.2, 0.25) is 5.91 Å². The number of unbranched alkanes of at least 4 members (excludes halogenated alkanes) is 18. The number of amides is 1. The van der Waals surface area contributed by atoms with Crippen molar-refractivity contribution in [2.75, 3.05) is 26.2 Å². The third-order valence-electron chi connectivity index (χ3n) is 9.64. The molecule has 1 atom stereocenters. The Balaban J connectivity index is 2.33. The van der Waals surface area contributed by atoms with Crippen LogP contribution in [0.5, 0.6) is 0 Å². The normalized spacial score (nSPS) is 12.7. The summed E-state index contributed by atoms with van der Waals surface area (Å²) in [5, 5.41) is 2.74. The molecule has 0 spiro atoms. The van der Waals surface area contributed by atoms with Gasteiger partial charge in [-0.2, -0.15) is 0 Å². The number of nitrogens with zero attached hydrogens (tertiary/aromatic N) is 2. The number of carbonyl (C=O) groups is 2. The fourth-order valence-electron chi connectivity index (χ4n) is 6.41. The number of nitrogens with one attached hydrogen (secondary N) is 2. The van der Waals surface area contributed by atoms with Crippen molar-refractivity contribution in [3.63, 3.8) is 0 Å². The molecule has 7 nitrogen and oxygen atoms in total. The van der Waals surface area contributed by atoms with Gasteiger partial charge in [0.05, 0.1) is 6.33 Å². The first-order valence-electron chi connectivity index (χ1n) is 21.8. The standard InChI is InChI=1S/C46H80N4O3/c1-4-6-8-10-12-14-16-18-20-21-23-25-27-29-31-33-35-37-50(36-34-32-30-28-26-24-22-19-17-15-13-11-9-7-5-2)38-39-53-46(52)45(49-43(3)51)40-44-41-47-42-48-44/h12-15,18-20,22,41-42,45H,4-11,16-17,21,23-40H2,1-3H3,(H,47,48)(H,49,51)/b14-12-,15-13-,20-18-,22-19-. The Bertz CT molecular complexity index is 1080. The Kier molecular flexibility index (Phi) is 33.9. The second-order valence-corrected chi connectivity index (χ2v) is 14.7. The highest BCUT2D eigenvalue weighted by Gasteiger charge is 2.22. The quantitative estimate of drug-likeness (QED) is 0.0403. The second kappa shape index (κ2) is 37.4. The lowest BCUT2D eigenvalue weighted by Crippen LogP contribution is -2.43. The Morgan fingerprint density at radius 3 is 1.55 bits per heavy atom. The first kappa shape index (κ1) is 48.1. The van der Waals surface area contributed by atoms with Crippen LogP contribution in [0.4, 0.5) is 0 Å². The summed E-state index contributed by atoms with van der Waals surface area (Å²) in [7, 11) is 0. The van der Waals surface area contributed by atoms with Crippen LogP contribution in [0.2, 0.25) is 0 Å². The van der Waals surface area contributed by atoms with Crippen molar-refractivity contribution in [1.29, 1.82) is 0 Å². The monoisotopic (exact) mass is 737 g/mol. The molecule has 53 heavy (non-hydrogen) atoms. The van der Waals surface area contributed by atoms with Crippen molar-refractivity contribution < 1.29 is 14.3 Å². The number of hydrogen-bond donors (Lipinski definition) is 2. The zero-order valence-electron chi connectivity index (χ0n) is 34.5. The Morgan fingerprint density at radius 2 is 1.11 bits per heavy atom. The summed E-state index contributed by atoms with van der Waals surface area (Å²) in [5.41, 5.74) is 0.789. The molecule has 0 radical (unpaired) electrons. The molecule has 1 aromatic heterocycles. The van der Waals surface area contributed by atoms with Gasteiger partial charge in [0.1, 0.15) is 12.6 Å². The molecule has 1 unspecified atom stereocenters. The topological polar surface area (TPSA) is 87.3 Å². The number of carbonyl (C=O) groups excluding carboxylic acids is 2. The first-order valence-corrected chi connectivity index (χ1v) is 21.8. The molecule has 2 N–H and O–H groups in total. The highest BCUT2D eigenvalue weighted by molar-refractivity contribution is 5.83. The van der Waals surface area contributed by atoms with E-state index in [-0.39, 0.29) is 5.91 Å². The molecular formula is C46H80N4O3.